The van der Waals surface area contributed by atoms with Gasteiger partial charge < -0.3 is 4.90 Å². The maximum atomic E-state index is 5.94. The van der Waals surface area contributed by atoms with Gasteiger partial charge >= 0.3 is 0 Å². The van der Waals surface area contributed by atoms with Crippen molar-refractivity contribution in [3.05, 3.63) is 47.8 Å². The summed E-state index contributed by atoms with van der Waals surface area (Å²) >= 11 is 5.94. The van der Waals surface area contributed by atoms with Gasteiger partial charge in [-0.1, -0.05) is 18.2 Å². The maximum Gasteiger partial charge on any atom is 0.0539 e. The standard InChI is InChI=1S/C13H16ClN3/c1-16(9-11-8-15-17(2)10-11)13-6-4-3-5-12(13)7-14/h3-6,8,10H,7,9H2,1-2H3. The van der Waals surface area contributed by atoms with Crippen molar-refractivity contribution in [3.8, 4) is 0 Å². The van der Waals surface area contributed by atoms with E-state index in [1.54, 1.807) is 0 Å². The van der Waals surface area contributed by atoms with E-state index in [-0.39, 0.29) is 0 Å². The van der Waals surface area contributed by atoms with E-state index in [0.717, 1.165) is 12.1 Å². The van der Waals surface area contributed by atoms with Gasteiger partial charge in [-0.2, -0.15) is 5.10 Å². The highest BCUT2D eigenvalue weighted by Gasteiger charge is 2.07. The fourth-order valence-corrected chi connectivity index (χ4v) is 2.13. The van der Waals surface area contributed by atoms with Crippen LogP contribution >= 0.6 is 11.6 Å². The Morgan fingerprint density at radius 3 is 2.76 bits per heavy atom. The Morgan fingerprint density at radius 2 is 2.12 bits per heavy atom. The minimum Gasteiger partial charge on any atom is -0.370 e. The lowest BCUT2D eigenvalue weighted by Crippen LogP contribution is -2.17. The number of nitrogens with zero attached hydrogens (tertiary/aromatic N) is 3. The summed E-state index contributed by atoms with van der Waals surface area (Å²) in [4.78, 5) is 2.19. The van der Waals surface area contributed by atoms with Crippen LogP contribution in [-0.4, -0.2) is 16.8 Å². The van der Waals surface area contributed by atoms with E-state index in [2.05, 4.69) is 29.2 Å². The zero-order valence-corrected chi connectivity index (χ0v) is 10.9. The maximum absolute atomic E-state index is 5.94. The van der Waals surface area contributed by atoms with Gasteiger partial charge in [-0.15, -0.1) is 11.6 Å². The summed E-state index contributed by atoms with van der Waals surface area (Å²) in [6.45, 7) is 0.835. The van der Waals surface area contributed by atoms with Gasteiger partial charge in [0.2, 0.25) is 0 Å². The molecule has 0 spiro atoms. The molecule has 1 aromatic carbocycles. The summed E-state index contributed by atoms with van der Waals surface area (Å²) in [7, 11) is 3.99. The molecule has 0 fully saturated rings. The minimum absolute atomic E-state index is 0.535. The van der Waals surface area contributed by atoms with Crippen LogP contribution in [-0.2, 0) is 19.5 Å². The molecular weight excluding hydrogens is 234 g/mol. The molecule has 0 bridgehead atoms. The Bertz CT molecular complexity index is 493. The molecule has 2 rings (SSSR count). The van der Waals surface area contributed by atoms with E-state index >= 15 is 0 Å². The van der Waals surface area contributed by atoms with E-state index < -0.39 is 0 Å². The zero-order chi connectivity index (χ0) is 12.3. The second-order valence-electron chi connectivity index (χ2n) is 4.14. The van der Waals surface area contributed by atoms with E-state index in [0.29, 0.717) is 5.88 Å². The summed E-state index contributed by atoms with van der Waals surface area (Å²) < 4.78 is 1.82. The van der Waals surface area contributed by atoms with Crippen LogP contribution in [0.3, 0.4) is 0 Å². The lowest BCUT2D eigenvalue weighted by atomic mass is 10.2. The van der Waals surface area contributed by atoms with Crippen LogP contribution in [0.1, 0.15) is 11.1 Å². The van der Waals surface area contributed by atoms with Crippen molar-refractivity contribution in [1.82, 2.24) is 9.78 Å². The molecule has 1 aromatic heterocycles. The first kappa shape index (κ1) is 12.0. The first-order valence-corrected chi connectivity index (χ1v) is 6.06. The Morgan fingerprint density at radius 1 is 1.35 bits per heavy atom. The molecule has 0 aliphatic rings. The molecule has 1 heterocycles. The number of para-hydroxylation sites is 1. The third-order valence-corrected chi connectivity index (χ3v) is 3.01. The predicted molar refractivity (Wildman–Crippen MR) is 71.3 cm³/mol. The first-order chi connectivity index (χ1) is 8.20. The molecule has 2 aromatic rings. The van der Waals surface area contributed by atoms with E-state index in [1.807, 2.05) is 36.3 Å². The summed E-state index contributed by atoms with van der Waals surface area (Å²) in [5.41, 5.74) is 3.52. The van der Waals surface area contributed by atoms with Crippen molar-refractivity contribution in [2.45, 2.75) is 12.4 Å². The minimum atomic E-state index is 0.535. The average molecular weight is 250 g/mol. The van der Waals surface area contributed by atoms with Gasteiger partial charge in [0.1, 0.15) is 0 Å². The smallest absolute Gasteiger partial charge is 0.0539 e. The van der Waals surface area contributed by atoms with Crippen LogP contribution in [0.5, 0.6) is 0 Å². The van der Waals surface area contributed by atoms with Crippen molar-refractivity contribution in [2.75, 3.05) is 11.9 Å². The predicted octanol–water partition coefficient (Wildman–Crippen LogP) is 2.80. The fourth-order valence-electron chi connectivity index (χ4n) is 1.91. The highest BCUT2D eigenvalue weighted by atomic mass is 35.5. The van der Waals surface area contributed by atoms with Crippen molar-refractivity contribution < 1.29 is 0 Å². The molecule has 90 valence electrons. The zero-order valence-electron chi connectivity index (χ0n) is 10.1. The molecule has 4 heteroatoms. The molecular formula is C13H16ClN3. The molecule has 17 heavy (non-hydrogen) atoms. The first-order valence-electron chi connectivity index (χ1n) is 5.53. The fraction of sp³-hybridized carbons (Fsp3) is 0.308. The van der Waals surface area contributed by atoms with Gasteiger partial charge in [-0.05, 0) is 11.6 Å². The van der Waals surface area contributed by atoms with Crippen LogP contribution in [0.25, 0.3) is 0 Å². The molecule has 0 unspecified atom stereocenters. The van der Waals surface area contributed by atoms with Crippen LogP contribution in [0, 0.1) is 0 Å². The van der Waals surface area contributed by atoms with Crippen LogP contribution < -0.4 is 4.90 Å². The topological polar surface area (TPSA) is 21.1 Å². The number of anilines is 1. The summed E-state index contributed by atoms with van der Waals surface area (Å²) in [6.07, 6.45) is 3.92. The Balaban J connectivity index is 2.16. The Hall–Kier alpha value is -1.48. The molecule has 0 aliphatic carbocycles. The normalized spacial score (nSPS) is 10.5. The molecule has 0 atom stereocenters. The number of hydrogen-bond acceptors (Lipinski definition) is 2. The highest BCUT2D eigenvalue weighted by Crippen LogP contribution is 2.22. The van der Waals surface area contributed by atoms with E-state index in [4.69, 9.17) is 11.6 Å². The molecule has 3 nitrogen and oxygen atoms in total. The number of benzene rings is 1. The van der Waals surface area contributed by atoms with Crippen molar-refractivity contribution in [1.29, 1.82) is 0 Å². The van der Waals surface area contributed by atoms with E-state index in [9.17, 15) is 0 Å². The highest BCUT2D eigenvalue weighted by molar-refractivity contribution is 6.17. The Labute approximate surface area is 107 Å². The summed E-state index contributed by atoms with van der Waals surface area (Å²) in [6, 6.07) is 8.19. The largest absolute Gasteiger partial charge is 0.370 e. The lowest BCUT2D eigenvalue weighted by Gasteiger charge is -2.21. The molecule has 0 N–H and O–H groups in total. The van der Waals surface area contributed by atoms with Crippen LogP contribution in [0.15, 0.2) is 36.7 Å². The van der Waals surface area contributed by atoms with Gasteiger partial charge in [0.25, 0.3) is 0 Å². The number of aromatic nitrogens is 2. The number of halogens is 1. The number of rotatable bonds is 4. The van der Waals surface area contributed by atoms with E-state index in [1.165, 1.54) is 11.3 Å². The lowest BCUT2D eigenvalue weighted by molar-refractivity contribution is 0.766. The number of hydrogen-bond donors (Lipinski definition) is 0. The number of aryl methyl sites for hydroxylation is 1. The summed E-state index contributed by atoms with van der Waals surface area (Å²) in [5, 5.41) is 4.17. The quantitative estimate of drug-likeness (QED) is 0.777. The molecule has 0 saturated heterocycles. The summed E-state index contributed by atoms with van der Waals surface area (Å²) in [5.74, 6) is 0.535. The average Bonchev–Trinajstić information content (AvgIpc) is 2.74. The Kier molecular flexibility index (Phi) is 3.69. The SMILES string of the molecule is CN(Cc1cnn(C)c1)c1ccccc1CCl. The van der Waals surface area contributed by atoms with Gasteiger partial charge in [0.15, 0.2) is 0 Å². The molecule has 0 amide bonds. The van der Waals surface area contributed by atoms with Gasteiger partial charge in [-0.3, -0.25) is 4.68 Å². The van der Waals surface area contributed by atoms with Crippen LogP contribution in [0.4, 0.5) is 5.69 Å². The number of alkyl halides is 1. The van der Waals surface area contributed by atoms with Gasteiger partial charge in [0.05, 0.1) is 6.20 Å². The van der Waals surface area contributed by atoms with Gasteiger partial charge in [-0.25, -0.2) is 0 Å². The van der Waals surface area contributed by atoms with Crippen LogP contribution in [0.2, 0.25) is 0 Å². The van der Waals surface area contributed by atoms with Crippen molar-refractivity contribution in [3.63, 3.8) is 0 Å². The monoisotopic (exact) mass is 249 g/mol. The van der Waals surface area contributed by atoms with Gasteiger partial charge in [0, 0.05) is 44.0 Å². The van der Waals surface area contributed by atoms with Crippen molar-refractivity contribution in [2.24, 2.45) is 7.05 Å². The second kappa shape index (κ2) is 5.23. The molecule has 0 radical (unpaired) electrons. The molecule has 0 saturated carbocycles. The van der Waals surface area contributed by atoms with Crippen molar-refractivity contribution >= 4 is 17.3 Å². The third kappa shape index (κ3) is 2.80. The second-order valence-corrected chi connectivity index (χ2v) is 4.41. The molecule has 0 aliphatic heterocycles. The third-order valence-electron chi connectivity index (χ3n) is 2.72.